The smallest absolute Gasteiger partial charge is 0.279 e. The van der Waals surface area contributed by atoms with E-state index in [9.17, 15) is 9.59 Å². The fraction of sp³-hybridized carbons (Fsp3) is 0.0417. The number of aromatic nitrogens is 1. The molecule has 0 aliphatic carbocycles. The first-order valence-corrected chi connectivity index (χ1v) is 10.8. The maximum absolute atomic E-state index is 12.9. The van der Waals surface area contributed by atoms with Crippen molar-refractivity contribution in [3.63, 3.8) is 0 Å². The second kappa shape index (κ2) is 9.55. The predicted molar refractivity (Wildman–Crippen MR) is 124 cm³/mol. The number of thiophene rings is 1. The van der Waals surface area contributed by atoms with E-state index >= 15 is 0 Å². The van der Waals surface area contributed by atoms with Crippen LogP contribution in [0.4, 0.5) is 5.69 Å². The number of rotatable bonds is 5. The highest BCUT2D eigenvalue weighted by molar-refractivity contribution is 7.12. The van der Waals surface area contributed by atoms with Gasteiger partial charge in [0.2, 0.25) is 0 Å². The van der Waals surface area contributed by atoms with E-state index in [1.165, 1.54) is 11.3 Å². The van der Waals surface area contributed by atoms with Gasteiger partial charge in [0.1, 0.15) is 5.49 Å². The Hall–Kier alpha value is -3.48. The van der Waals surface area contributed by atoms with Crippen LogP contribution in [-0.4, -0.2) is 16.4 Å². The fourth-order valence-electron chi connectivity index (χ4n) is 3.00. The molecule has 7 heteroatoms. The Morgan fingerprint density at radius 1 is 0.968 bits per heavy atom. The lowest BCUT2D eigenvalue weighted by atomic mass is 10.2. The number of amides is 2. The zero-order chi connectivity index (χ0) is 21.6. The summed E-state index contributed by atoms with van der Waals surface area (Å²) >= 11 is 7.55. The molecule has 0 radical (unpaired) electrons. The van der Waals surface area contributed by atoms with Crippen LogP contribution in [0, 0.1) is 0 Å². The van der Waals surface area contributed by atoms with Crippen LogP contribution in [-0.2, 0) is 6.54 Å². The molecule has 4 rings (SSSR count). The van der Waals surface area contributed by atoms with Gasteiger partial charge in [-0.05, 0) is 47.3 Å². The second-order valence-corrected chi connectivity index (χ2v) is 8.07. The first-order valence-electron chi connectivity index (χ1n) is 9.53. The maximum Gasteiger partial charge on any atom is 0.279 e. The third-order valence-corrected chi connectivity index (χ3v) is 5.73. The Morgan fingerprint density at radius 3 is 2.55 bits per heavy atom. The van der Waals surface area contributed by atoms with E-state index in [0.29, 0.717) is 33.2 Å². The molecule has 2 aromatic heterocycles. The lowest BCUT2D eigenvalue weighted by molar-refractivity contribution is 0.0994. The molecule has 0 saturated carbocycles. The van der Waals surface area contributed by atoms with E-state index in [4.69, 9.17) is 11.6 Å². The Labute approximate surface area is 188 Å². The van der Waals surface area contributed by atoms with Gasteiger partial charge in [0.05, 0.1) is 15.6 Å². The number of hydrogen-bond donors (Lipinski definition) is 1. The third-order valence-electron chi connectivity index (χ3n) is 4.54. The van der Waals surface area contributed by atoms with Crippen molar-refractivity contribution in [2.75, 3.05) is 5.32 Å². The van der Waals surface area contributed by atoms with E-state index in [2.05, 4.69) is 10.3 Å². The molecular weight excluding hydrogens is 430 g/mol. The first-order chi connectivity index (χ1) is 15.1. The number of nitrogens with one attached hydrogen (secondary N) is 1. The van der Waals surface area contributed by atoms with Crippen molar-refractivity contribution in [1.29, 1.82) is 0 Å². The van der Waals surface area contributed by atoms with Gasteiger partial charge in [-0.2, -0.15) is 4.99 Å². The van der Waals surface area contributed by atoms with Crippen LogP contribution in [0.2, 0.25) is 5.02 Å². The van der Waals surface area contributed by atoms with Gasteiger partial charge in [-0.1, -0.05) is 54.1 Å². The van der Waals surface area contributed by atoms with Crippen LogP contribution in [0.1, 0.15) is 25.6 Å². The molecule has 0 saturated heterocycles. The highest BCUT2D eigenvalue weighted by Gasteiger charge is 2.13. The Kier molecular flexibility index (Phi) is 6.40. The molecule has 0 fully saturated rings. The number of carbonyl (C=O) groups is 2. The van der Waals surface area contributed by atoms with Crippen LogP contribution < -0.4 is 10.8 Å². The van der Waals surface area contributed by atoms with E-state index < -0.39 is 5.91 Å². The summed E-state index contributed by atoms with van der Waals surface area (Å²) in [6, 6.07) is 23.7. The van der Waals surface area contributed by atoms with Crippen molar-refractivity contribution in [2.45, 2.75) is 6.54 Å². The van der Waals surface area contributed by atoms with E-state index in [1.807, 2.05) is 58.6 Å². The standard InChI is InChI=1S/C24H18ClN3O2S/c25-19-12-11-18(15-20(19)26-24(30)21-9-6-14-31-21)23(29)27-22-10-4-5-13-28(22)16-17-7-2-1-3-8-17/h1-15H,16H2,(H,26,30). The van der Waals surface area contributed by atoms with E-state index in [0.717, 1.165) is 5.56 Å². The van der Waals surface area contributed by atoms with Gasteiger partial charge in [-0.15, -0.1) is 11.3 Å². The minimum Gasteiger partial charge on any atom is -0.328 e. The molecule has 0 atom stereocenters. The zero-order valence-corrected chi connectivity index (χ0v) is 17.9. The van der Waals surface area contributed by atoms with Gasteiger partial charge in [0.25, 0.3) is 11.8 Å². The molecule has 2 heterocycles. The molecule has 0 aliphatic heterocycles. The molecule has 4 aromatic rings. The molecule has 0 unspecified atom stereocenters. The monoisotopic (exact) mass is 447 g/mol. The Morgan fingerprint density at radius 2 is 1.77 bits per heavy atom. The molecule has 0 bridgehead atoms. The minimum absolute atomic E-state index is 0.276. The van der Waals surface area contributed by atoms with Gasteiger partial charge in [-0.3, -0.25) is 9.59 Å². The largest absolute Gasteiger partial charge is 0.328 e. The molecule has 0 spiro atoms. The summed E-state index contributed by atoms with van der Waals surface area (Å²) in [7, 11) is 0. The van der Waals surface area contributed by atoms with E-state index in [1.54, 1.807) is 36.4 Å². The number of nitrogens with zero attached hydrogens (tertiary/aromatic N) is 2. The number of halogens is 1. The highest BCUT2D eigenvalue weighted by Crippen LogP contribution is 2.24. The molecule has 1 N–H and O–H groups in total. The summed E-state index contributed by atoms with van der Waals surface area (Å²) in [6.07, 6.45) is 1.88. The number of anilines is 1. The third kappa shape index (κ3) is 5.17. The van der Waals surface area contributed by atoms with Gasteiger partial charge >= 0.3 is 0 Å². The SMILES string of the molecule is O=C(N=c1ccccn1Cc1ccccc1)c1ccc(Cl)c(NC(=O)c2cccs2)c1. The summed E-state index contributed by atoms with van der Waals surface area (Å²) in [6.45, 7) is 0.594. The number of pyridine rings is 1. The van der Waals surface area contributed by atoms with Crippen molar-refractivity contribution in [1.82, 2.24) is 4.57 Å². The molecule has 2 aromatic carbocycles. The quantitative estimate of drug-likeness (QED) is 0.454. The normalized spacial score (nSPS) is 11.3. The molecule has 154 valence electrons. The molecule has 31 heavy (non-hydrogen) atoms. The van der Waals surface area contributed by atoms with Crippen LogP contribution in [0.15, 0.2) is 95.4 Å². The van der Waals surface area contributed by atoms with Crippen molar-refractivity contribution in [2.24, 2.45) is 4.99 Å². The molecule has 5 nitrogen and oxygen atoms in total. The number of carbonyl (C=O) groups excluding carboxylic acids is 2. The van der Waals surface area contributed by atoms with Crippen LogP contribution in [0.3, 0.4) is 0 Å². The van der Waals surface area contributed by atoms with Crippen LogP contribution in [0.25, 0.3) is 0 Å². The average Bonchev–Trinajstić information content (AvgIpc) is 3.32. The highest BCUT2D eigenvalue weighted by atomic mass is 35.5. The maximum atomic E-state index is 12.9. The summed E-state index contributed by atoms with van der Waals surface area (Å²) in [5.41, 5.74) is 2.34. The molecule has 2 amide bonds. The fourth-order valence-corrected chi connectivity index (χ4v) is 3.78. The minimum atomic E-state index is -0.420. The van der Waals surface area contributed by atoms with E-state index in [-0.39, 0.29) is 5.91 Å². The van der Waals surface area contributed by atoms with Crippen molar-refractivity contribution in [3.8, 4) is 0 Å². The summed E-state index contributed by atoms with van der Waals surface area (Å²) < 4.78 is 1.91. The number of benzene rings is 2. The second-order valence-electron chi connectivity index (χ2n) is 6.72. The summed E-state index contributed by atoms with van der Waals surface area (Å²) in [4.78, 5) is 30.1. The lowest BCUT2D eigenvalue weighted by Gasteiger charge is -2.09. The average molecular weight is 448 g/mol. The summed E-state index contributed by atoms with van der Waals surface area (Å²) in [5.74, 6) is -0.696. The van der Waals surface area contributed by atoms with Gasteiger partial charge in [-0.25, -0.2) is 0 Å². The van der Waals surface area contributed by atoms with Crippen LogP contribution >= 0.6 is 22.9 Å². The van der Waals surface area contributed by atoms with Gasteiger partial charge in [0.15, 0.2) is 0 Å². The van der Waals surface area contributed by atoms with Crippen LogP contribution in [0.5, 0.6) is 0 Å². The topological polar surface area (TPSA) is 63.5 Å². The molecule has 0 aliphatic rings. The Balaban J connectivity index is 1.60. The zero-order valence-electron chi connectivity index (χ0n) is 16.4. The van der Waals surface area contributed by atoms with Crippen molar-refractivity contribution >= 4 is 40.4 Å². The Bertz CT molecular complexity index is 1280. The van der Waals surface area contributed by atoms with Crippen molar-refractivity contribution < 1.29 is 9.59 Å². The molecular formula is C24H18ClN3O2S. The summed E-state index contributed by atoms with van der Waals surface area (Å²) in [5, 5.41) is 4.92. The first kappa shape index (κ1) is 20.8. The lowest BCUT2D eigenvalue weighted by Crippen LogP contribution is -2.22. The predicted octanol–water partition coefficient (Wildman–Crippen LogP) is 5.24. The number of hydrogen-bond acceptors (Lipinski definition) is 3. The van der Waals surface area contributed by atoms with Crippen molar-refractivity contribution in [3.05, 3.63) is 117 Å². The van der Waals surface area contributed by atoms with Gasteiger partial charge in [0, 0.05) is 18.3 Å². The van der Waals surface area contributed by atoms with Gasteiger partial charge < -0.3 is 9.88 Å².